The van der Waals surface area contributed by atoms with Gasteiger partial charge in [-0.1, -0.05) is 17.7 Å². The Morgan fingerprint density at radius 2 is 1.92 bits per heavy atom. The van der Waals surface area contributed by atoms with Crippen molar-refractivity contribution in [1.29, 1.82) is 0 Å². The lowest BCUT2D eigenvalue weighted by Crippen LogP contribution is -2.37. The van der Waals surface area contributed by atoms with E-state index in [1.165, 1.54) is 12.8 Å². The predicted octanol–water partition coefficient (Wildman–Crippen LogP) is 5.04. The van der Waals surface area contributed by atoms with Crippen molar-refractivity contribution in [2.45, 2.75) is 31.8 Å². The zero-order valence-electron chi connectivity index (χ0n) is 20.3. The van der Waals surface area contributed by atoms with Gasteiger partial charge in [0.15, 0.2) is 0 Å². The molecule has 0 saturated carbocycles. The van der Waals surface area contributed by atoms with Gasteiger partial charge in [0.25, 0.3) is 0 Å². The highest BCUT2D eigenvalue weighted by Crippen LogP contribution is 2.30. The molecule has 2 fully saturated rings. The molecular formula is C27H30ClN7O. The number of imidazole rings is 1. The SMILES string of the molecule is CC(C1CCCN1)n1cnc2ccc(-c3cc(Nc4ccc(Cl)cc4)nc(N4CCOCC4)n3)cc21. The van der Waals surface area contributed by atoms with Crippen LogP contribution in [0.3, 0.4) is 0 Å². The summed E-state index contributed by atoms with van der Waals surface area (Å²) >= 11 is 6.08. The van der Waals surface area contributed by atoms with Crippen molar-refractivity contribution in [1.82, 2.24) is 24.8 Å². The molecule has 4 aromatic rings. The summed E-state index contributed by atoms with van der Waals surface area (Å²) in [4.78, 5) is 16.7. The molecule has 9 heteroatoms. The highest BCUT2D eigenvalue weighted by Gasteiger charge is 2.24. The molecule has 6 rings (SSSR count). The third-order valence-electron chi connectivity index (χ3n) is 7.11. The molecule has 2 aromatic heterocycles. The summed E-state index contributed by atoms with van der Waals surface area (Å²) < 4.78 is 7.84. The fraction of sp³-hybridized carbons (Fsp3) is 0.370. The van der Waals surface area contributed by atoms with E-state index in [0.29, 0.717) is 36.3 Å². The first-order valence-corrected chi connectivity index (χ1v) is 13.0. The minimum Gasteiger partial charge on any atom is -0.378 e. The number of anilines is 3. The Morgan fingerprint density at radius 3 is 2.69 bits per heavy atom. The van der Waals surface area contributed by atoms with Crippen molar-refractivity contribution < 1.29 is 4.74 Å². The highest BCUT2D eigenvalue weighted by atomic mass is 35.5. The Hall–Kier alpha value is -3.20. The first-order chi connectivity index (χ1) is 17.6. The first kappa shape index (κ1) is 23.2. The van der Waals surface area contributed by atoms with Crippen molar-refractivity contribution in [2.24, 2.45) is 0 Å². The van der Waals surface area contributed by atoms with Crippen LogP contribution >= 0.6 is 11.6 Å². The molecule has 2 aliphatic heterocycles. The molecule has 0 spiro atoms. The molecule has 0 bridgehead atoms. The number of halogens is 1. The number of benzene rings is 2. The van der Waals surface area contributed by atoms with Crippen LogP contribution in [0.2, 0.25) is 5.02 Å². The van der Waals surface area contributed by atoms with Gasteiger partial charge in [-0.05, 0) is 62.7 Å². The standard InChI is InChI=1S/C27H30ClN7O/c1-18(22-3-2-10-29-22)35-17-30-23-9-4-19(15-25(23)35)24-16-26(31-21-7-5-20(28)6-8-21)33-27(32-24)34-11-13-36-14-12-34/h4-9,15-18,22,29H,2-3,10-14H2,1H3,(H,31,32,33). The molecule has 2 atom stereocenters. The fourth-order valence-electron chi connectivity index (χ4n) is 5.06. The van der Waals surface area contributed by atoms with Crippen LogP contribution in [0.15, 0.2) is 54.9 Å². The molecule has 2 saturated heterocycles. The van der Waals surface area contributed by atoms with E-state index >= 15 is 0 Å². The van der Waals surface area contributed by atoms with Gasteiger partial charge < -0.3 is 24.8 Å². The molecule has 186 valence electrons. The topological polar surface area (TPSA) is 80.1 Å². The predicted molar refractivity (Wildman–Crippen MR) is 144 cm³/mol. The molecule has 2 N–H and O–H groups in total. The van der Waals surface area contributed by atoms with E-state index in [-0.39, 0.29) is 0 Å². The third-order valence-corrected chi connectivity index (χ3v) is 7.37. The second-order valence-corrected chi connectivity index (χ2v) is 9.90. The van der Waals surface area contributed by atoms with Gasteiger partial charge in [0.1, 0.15) is 5.82 Å². The van der Waals surface area contributed by atoms with Gasteiger partial charge in [0.2, 0.25) is 5.95 Å². The summed E-state index contributed by atoms with van der Waals surface area (Å²) in [7, 11) is 0. The minimum absolute atomic E-state index is 0.323. The molecule has 4 heterocycles. The maximum absolute atomic E-state index is 6.08. The Labute approximate surface area is 215 Å². The van der Waals surface area contributed by atoms with Gasteiger partial charge in [-0.15, -0.1) is 0 Å². The van der Waals surface area contributed by atoms with Crippen LogP contribution in [0.4, 0.5) is 17.5 Å². The lowest BCUT2D eigenvalue weighted by atomic mass is 10.1. The smallest absolute Gasteiger partial charge is 0.228 e. The van der Waals surface area contributed by atoms with Crippen molar-refractivity contribution in [3.63, 3.8) is 0 Å². The van der Waals surface area contributed by atoms with Gasteiger partial charge in [0, 0.05) is 47.5 Å². The first-order valence-electron chi connectivity index (χ1n) is 12.6. The van der Waals surface area contributed by atoms with E-state index in [9.17, 15) is 0 Å². The summed E-state index contributed by atoms with van der Waals surface area (Å²) in [5, 5.41) is 7.76. The zero-order valence-corrected chi connectivity index (χ0v) is 21.1. The minimum atomic E-state index is 0.323. The summed E-state index contributed by atoms with van der Waals surface area (Å²) in [6.45, 7) is 6.23. The Kier molecular flexibility index (Phi) is 6.48. The normalized spacial score (nSPS) is 19.1. The molecular weight excluding hydrogens is 474 g/mol. The molecule has 0 radical (unpaired) electrons. The van der Waals surface area contributed by atoms with Crippen LogP contribution in [0.1, 0.15) is 25.8 Å². The van der Waals surface area contributed by atoms with Gasteiger partial charge >= 0.3 is 0 Å². The monoisotopic (exact) mass is 503 g/mol. The Balaban J connectivity index is 1.39. The van der Waals surface area contributed by atoms with E-state index in [1.54, 1.807) is 0 Å². The third kappa shape index (κ3) is 4.76. The second-order valence-electron chi connectivity index (χ2n) is 9.47. The number of fused-ring (bicyclic) bond motifs is 1. The summed E-state index contributed by atoms with van der Waals surface area (Å²) in [6.07, 6.45) is 4.38. The average Bonchev–Trinajstić information content (AvgIpc) is 3.60. The number of morpholine rings is 1. The van der Waals surface area contributed by atoms with E-state index in [2.05, 4.69) is 50.2 Å². The van der Waals surface area contributed by atoms with Crippen molar-refractivity contribution in [3.05, 3.63) is 59.9 Å². The largest absolute Gasteiger partial charge is 0.378 e. The number of ether oxygens (including phenoxy) is 1. The zero-order chi connectivity index (χ0) is 24.5. The van der Waals surface area contributed by atoms with Crippen molar-refractivity contribution in [2.75, 3.05) is 43.1 Å². The maximum atomic E-state index is 6.08. The number of nitrogens with zero attached hydrogens (tertiary/aromatic N) is 5. The van der Waals surface area contributed by atoms with Gasteiger partial charge in [0.05, 0.1) is 36.3 Å². The van der Waals surface area contributed by atoms with Gasteiger partial charge in [-0.25, -0.2) is 9.97 Å². The summed E-state index contributed by atoms with van der Waals surface area (Å²) in [5.74, 6) is 1.44. The van der Waals surface area contributed by atoms with Crippen molar-refractivity contribution >= 4 is 40.1 Å². The highest BCUT2D eigenvalue weighted by molar-refractivity contribution is 6.30. The van der Waals surface area contributed by atoms with Gasteiger partial charge in [-0.3, -0.25) is 0 Å². The second kappa shape index (κ2) is 10.0. The molecule has 8 nitrogen and oxygen atoms in total. The van der Waals surface area contributed by atoms with E-state index in [0.717, 1.165) is 53.4 Å². The molecule has 2 aliphatic rings. The van der Waals surface area contributed by atoms with E-state index in [4.69, 9.17) is 26.3 Å². The Bertz CT molecular complexity index is 1340. The van der Waals surface area contributed by atoms with Crippen LogP contribution in [-0.2, 0) is 4.74 Å². The lowest BCUT2D eigenvalue weighted by Gasteiger charge is -2.27. The number of rotatable bonds is 6. The van der Waals surface area contributed by atoms with Crippen molar-refractivity contribution in [3.8, 4) is 11.3 Å². The van der Waals surface area contributed by atoms with Crippen LogP contribution in [0.5, 0.6) is 0 Å². The molecule has 2 unspecified atom stereocenters. The van der Waals surface area contributed by atoms with E-state index < -0.39 is 0 Å². The van der Waals surface area contributed by atoms with Crippen LogP contribution < -0.4 is 15.5 Å². The maximum Gasteiger partial charge on any atom is 0.228 e. The molecule has 36 heavy (non-hydrogen) atoms. The summed E-state index contributed by atoms with van der Waals surface area (Å²) in [5.41, 5.74) is 4.93. The lowest BCUT2D eigenvalue weighted by molar-refractivity contribution is 0.122. The quantitative estimate of drug-likeness (QED) is 0.381. The number of aromatic nitrogens is 4. The number of hydrogen-bond donors (Lipinski definition) is 2. The fourth-order valence-corrected chi connectivity index (χ4v) is 5.19. The number of nitrogens with one attached hydrogen (secondary N) is 2. The molecule has 0 amide bonds. The van der Waals surface area contributed by atoms with Crippen LogP contribution in [-0.4, -0.2) is 58.4 Å². The van der Waals surface area contributed by atoms with E-state index in [1.807, 2.05) is 36.7 Å². The summed E-state index contributed by atoms with van der Waals surface area (Å²) in [6, 6.07) is 16.8. The van der Waals surface area contributed by atoms with Crippen LogP contribution in [0, 0.1) is 0 Å². The van der Waals surface area contributed by atoms with Crippen LogP contribution in [0.25, 0.3) is 22.3 Å². The molecule has 0 aliphatic carbocycles. The average molecular weight is 504 g/mol. The molecule has 2 aromatic carbocycles. The van der Waals surface area contributed by atoms with Gasteiger partial charge in [-0.2, -0.15) is 4.98 Å². The number of hydrogen-bond acceptors (Lipinski definition) is 7. The Morgan fingerprint density at radius 1 is 1.08 bits per heavy atom.